The molecule has 5 rings (SSSR count). The minimum absolute atomic E-state index is 0.256. The second-order valence-corrected chi connectivity index (χ2v) is 6.61. The number of nitrogens with zero attached hydrogens (tertiary/aromatic N) is 4. The van der Waals surface area contributed by atoms with Crippen molar-refractivity contribution >= 4 is 16.9 Å². The minimum Gasteiger partial charge on any atom is -0.486 e. The van der Waals surface area contributed by atoms with E-state index in [4.69, 9.17) is 20.3 Å². The van der Waals surface area contributed by atoms with E-state index in [0.717, 1.165) is 59.7 Å². The fraction of sp³-hybridized carbons (Fsp3) is 0.389. The van der Waals surface area contributed by atoms with Crippen LogP contribution in [0.15, 0.2) is 24.5 Å². The Morgan fingerprint density at radius 2 is 2.04 bits per heavy atom. The maximum Gasteiger partial charge on any atom is 0.164 e. The molecule has 0 unspecified atom stereocenters. The topological polar surface area (TPSA) is 100 Å². The van der Waals surface area contributed by atoms with Gasteiger partial charge in [0.25, 0.3) is 0 Å². The van der Waals surface area contributed by atoms with Crippen molar-refractivity contribution in [1.82, 2.24) is 25.1 Å². The number of hydrogen-bond acceptors (Lipinski definition) is 7. The number of nitrogen functional groups attached to an aromatic ring is 1. The van der Waals surface area contributed by atoms with Crippen LogP contribution in [0.25, 0.3) is 22.3 Å². The maximum absolute atomic E-state index is 6.20. The van der Waals surface area contributed by atoms with Crippen LogP contribution in [0.5, 0.6) is 11.5 Å². The zero-order valence-corrected chi connectivity index (χ0v) is 14.3. The summed E-state index contributed by atoms with van der Waals surface area (Å²) in [5.74, 6) is 1.92. The Morgan fingerprint density at radius 1 is 1.15 bits per heavy atom. The van der Waals surface area contributed by atoms with Gasteiger partial charge in [0.05, 0.1) is 11.4 Å². The Bertz CT molecular complexity index is 964. The Labute approximate surface area is 150 Å². The quantitative estimate of drug-likeness (QED) is 0.725. The lowest BCUT2D eigenvalue weighted by Gasteiger charge is -2.23. The number of benzene rings is 1. The molecule has 0 spiro atoms. The van der Waals surface area contributed by atoms with E-state index in [9.17, 15) is 0 Å². The molecule has 0 bridgehead atoms. The summed E-state index contributed by atoms with van der Waals surface area (Å²) in [6, 6.07) is 6.10. The molecule has 2 aliphatic rings. The number of aromatic nitrogens is 4. The third kappa shape index (κ3) is 2.45. The van der Waals surface area contributed by atoms with Crippen molar-refractivity contribution in [1.29, 1.82) is 0 Å². The fourth-order valence-electron chi connectivity index (χ4n) is 3.68. The SMILES string of the molecule is Nc1ncnc2c1c(-c1ccc3c(c1)OCCO3)nn2[C@@H]1CCCNC1. The van der Waals surface area contributed by atoms with Crippen molar-refractivity contribution in [2.45, 2.75) is 18.9 Å². The number of nitrogens with one attached hydrogen (secondary N) is 1. The molecule has 134 valence electrons. The molecule has 4 heterocycles. The molecule has 0 amide bonds. The average Bonchev–Trinajstić information content (AvgIpc) is 3.09. The van der Waals surface area contributed by atoms with Crippen LogP contribution in [-0.2, 0) is 0 Å². The lowest BCUT2D eigenvalue weighted by molar-refractivity contribution is 0.171. The normalized spacial score (nSPS) is 19.6. The summed E-state index contributed by atoms with van der Waals surface area (Å²) in [6.45, 7) is 3.03. The summed E-state index contributed by atoms with van der Waals surface area (Å²) in [7, 11) is 0. The highest BCUT2D eigenvalue weighted by atomic mass is 16.6. The van der Waals surface area contributed by atoms with E-state index in [2.05, 4.69) is 15.3 Å². The molecule has 8 heteroatoms. The Hall–Kier alpha value is -2.87. The van der Waals surface area contributed by atoms with E-state index >= 15 is 0 Å². The van der Waals surface area contributed by atoms with Gasteiger partial charge in [-0.3, -0.25) is 0 Å². The van der Waals surface area contributed by atoms with Crippen LogP contribution in [-0.4, -0.2) is 46.1 Å². The zero-order valence-electron chi connectivity index (χ0n) is 14.3. The summed E-state index contributed by atoms with van der Waals surface area (Å²) in [5, 5.41) is 9.11. The summed E-state index contributed by atoms with van der Waals surface area (Å²) < 4.78 is 13.3. The van der Waals surface area contributed by atoms with Gasteiger partial charge in [0.2, 0.25) is 0 Å². The van der Waals surface area contributed by atoms with Gasteiger partial charge in [-0.2, -0.15) is 5.10 Å². The van der Waals surface area contributed by atoms with Crippen molar-refractivity contribution in [3.8, 4) is 22.8 Å². The highest BCUT2D eigenvalue weighted by Gasteiger charge is 2.24. The summed E-state index contributed by atoms with van der Waals surface area (Å²) in [4.78, 5) is 8.66. The molecule has 1 fully saturated rings. The molecule has 0 aliphatic carbocycles. The molecule has 3 N–H and O–H groups in total. The molecule has 0 radical (unpaired) electrons. The molecule has 1 aromatic carbocycles. The molecule has 8 nitrogen and oxygen atoms in total. The van der Waals surface area contributed by atoms with Crippen LogP contribution in [0.4, 0.5) is 5.82 Å². The number of piperidine rings is 1. The van der Waals surface area contributed by atoms with Gasteiger partial charge in [0, 0.05) is 12.1 Å². The number of ether oxygens (including phenoxy) is 2. The second-order valence-electron chi connectivity index (χ2n) is 6.61. The van der Waals surface area contributed by atoms with E-state index in [0.29, 0.717) is 19.0 Å². The molecular weight excluding hydrogens is 332 g/mol. The van der Waals surface area contributed by atoms with Gasteiger partial charge in [-0.25, -0.2) is 14.6 Å². The predicted molar refractivity (Wildman–Crippen MR) is 97.3 cm³/mol. The van der Waals surface area contributed by atoms with Crippen LogP contribution in [0.3, 0.4) is 0 Å². The highest BCUT2D eigenvalue weighted by molar-refractivity contribution is 5.98. The van der Waals surface area contributed by atoms with E-state index in [1.807, 2.05) is 22.9 Å². The molecule has 2 aliphatic heterocycles. The van der Waals surface area contributed by atoms with Crippen molar-refractivity contribution in [3.63, 3.8) is 0 Å². The van der Waals surface area contributed by atoms with Crippen LogP contribution in [0.2, 0.25) is 0 Å². The number of hydrogen-bond donors (Lipinski definition) is 2. The Morgan fingerprint density at radius 3 is 2.88 bits per heavy atom. The van der Waals surface area contributed by atoms with Gasteiger partial charge in [-0.15, -0.1) is 0 Å². The summed E-state index contributed by atoms with van der Waals surface area (Å²) >= 11 is 0. The van der Waals surface area contributed by atoms with Crippen LogP contribution in [0.1, 0.15) is 18.9 Å². The number of rotatable bonds is 2. The second kappa shape index (κ2) is 6.14. The molecule has 1 atom stereocenters. The van der Waals surface area contributed by atoms with Gasteiger partial charge >= 0.3 is 0 Å². The molecular formula is C18H20N6O2. The standard InChI is InChI=1S/C18H20N6O2/c19-17-15-16(11-3-4-13-14(8-11)26-7-6-25-13)23-24(18(15)22-10-21-17)12-2-1-5-20-9-12/h3-4,8,10,12,20H,1-2,5-7,9H2,(H2,19,21,22)/t12-/m1/s1. The smallest absolute Gasteiger partial charge is 0.164 e. The average molecular weight is 352 g/mol. The lowest BCUT2D eigenvalue weighted by Crippen LogP contribution is -2.32. The summed E-state index contributed by atoms with van der Waals surface area (Å²) in [5.41, 5.74) is 8.67. The predicted octanol–water partition coefficient (Wildman–Crippen LogP) is 1.77. The summed E-state index contributed by atoms with van der Waals surface area (Å²) in [6.07, 6.45) is 3.68. The minimum atomic E-state index is 0.256. The first-order valence-electron chi connectivity index (χ1n) is 8.90. The lowest BCUT2D eigenvalue weighted by atomic mass is 10.1. The number of fused-ring (bicyclic) bond motifs is 2. The molecule has 26 heavy (non-hydrogen) atoms. The molecule has 1 saturated heterocycles. The third-order valence-electron chi connectivity index (χ3n) is 4.95. The van der Waals surface area contributed by atoms with E-state index in [1.165, 1.54) is 6.33 Å². The first kappa shape index (κ1) is 15.4. The monoisotopic (exact) mass is 352 g/mol. The molecule has 2 aromatic heterocycles. The Kier molecular flexibility index (Phi) is 3.63. The maximum atomic E-state index is 6.20. The molecule has 0 saturated carbocycles. The van der Waals surface area contributed by atoms with Crippen LogP contribution < -0.4 is 20.5 Å². The number of anilines is 1. The largest absolute Gasteiger partial charge is 0.486 e. The molecule has 3 aromatic rings. The van der Waals surface area contributed by atoms with E-state index < -0.39 is 0 Å². The van der Waals surface area contributed by atoms with Crippen molar-refractivity contribution in [2.75, 3.05) is 32.0 Å². The van der Waals surface area contributed by atoms with Crippen LogP contribution in [0, 0.1) is 0 Å². The van der Waals surface area contributed by atoms with Gasteiger partial charge < -0.3 is 20.5 Å². The van der Waals surface area contributed by atoms with Crippen molar-refractivity contribution in [2.24, 2.45) is 0 Å². The highest BCUT2D eigenvalue weighted by Crippen LogP contribution is 2.38. The van der Waals surface area contributed by atoms with Gasteiger partial charge in [0.1, 0.15) is 31.1 Å². The number of nitrogens with two attached hydrogens (primary N) is 1. The van der Waals surface area contributed by atoms with Crippen molar-refractivity contribution in [3.05, 3.63) is 24.5 Å². The van der Waals surface area contributed by atoms with Crippen LogP contribution >= 0.6 is 0 Å². The first-order valence-corrected chi connectivity index (χ1v) is 8.90. The van der Waals surface area contributed by atoms with Gasteiger partial charge in [0.15, 0.2) is 17.1 Å². The fourth-order valence-corrected chi connectivity index (χ4v) is 3.68. The Balaban J connectivity index is 1.68. The third-order valence-corrected chi connectivity index (χ3v) is 4.95. The van der Waals surface area contributed by atoms with Gasteiger partial charge in [-0.05, 0) is 37.6 Å². The zero-order chi connectivity index (χ0) is 17.5. The van der Waals surface area contributed by atoms with Gasteiger partial charge in [-0.1, -0.05) is 0 Å². The van der Waals surface area contributed by atoms with Crippen molar-refractivity contribution < 1.29 is 9.47 Å². The van der Waals surface area contributed by atoms with E-state index in [-0.39, 0.29) is 6.04 Å². The first-order chi connectivity index (χ1) is 12.8. The van der Waals surface area contributed by atoms with E-state index in [1.54, 1.807) is 0 Å².